The number of benzene rings is 1. The lowest BCUT2D eigenvalue weighted by molar-refractivity contribution is 0.0674. The number of nitrogens with one attached hydrogen (secondary N) is 2. The molecule has 35 heavy (non-hydrogen) atoms. The van der Waals surface area contributed by atoms with Crippen molar-refractivity contribution in [2.45, 2.75) is 31.7 Å². The van der Waals surface area contributed by atoms with Crippen molar-refractivity contribution >= 4 is 11.7 Å². The number of nitrogens with zero attached hydrogens (tertiary/aromatic N) is 4. The number of anilines is 1. The Balaban J connectivity index is 1.42. The van der Waals surface area contributed by atoms with Crippen LogP contribution in [-0.4, -0.2) is 64.9 Å². The molecule has 2 aliphatic heterocycles. The number of ether oxygens (including phenoxy) is 2. The number of aromatic nitrogens is 3. The first-order chi connectivity index (χ1) is 17.1. The Morgan fingerprint density at radius 2 is 2.17 bits per heavy atom. The molecule has 2 aromatic heterocycles. The lowest BCUT2D eigenvalue weighted by Gasteiger charge is -2.32. The summed E-state index contributed by atoms with van der Waals surface area (Å²) in [4.78, 5) is 28.3. The van der Waals surface area contributed by atoms with Gasteiger partial charge in [-0.15, -0.1) is 0 Å². The van der Waals surface area contributed by atoms with E-state index in [9.17, 15) is 9.18 Å². The van der Waals surface area contributed by atoms with Crippen molar-refractivity contribution in [2.75, 3.05) is 32.1 Å². The summed E-state index contributed by atoms with van der Waals surface area (Å²) >= 11 is 0. The molecule has 0 spiro atoms. The van der Waals surface area contributed by atoms with Crippen LogP contribution in [-0.2, 0) is 13.0 Å². The summed E-state index contributed by atoms with van der Waals surface area (Å²) < 4.78 is 26.0. The fraction of sp³-hybridized carbons (Fsp3) is 0.360. The van der Waals surface area contributed by atoms with Gasteiger partial charge in [-0.05, 0) is 37.2 Å². The maximum atomic E-state index is 14.6. The van der Waals surface area contributed by atoms with Gasteiger partial charge in [0.1, 0.15) is 18.0 Å². The lowest BCUT2D eigenvalue weighted by atomic mass is 10.1. The number of amides is 2. The monoisotopic (exact) mass is 478 g/mol. The van der Waals surface area contributed by atoms with Gasteiger partial charge in [0.2, 0.25) is 5.88 Å². The van der Waals surface area contributed by atoms with Crippen molar-refractivity contribution in [3.8, 4) is 23.0 Å². The zero-order chi connectivity index (χ0) is 24.2. The summed E-state index contributed by atoms with van der Waals surface area (Å²) in [5.74, 6) is 1.45. The zero-order valence-electron chi connectivity index (χ0n) is 19.4. The molecule has 1 saturated heterocycles. The number of halogens is 1. The molecule has 2 N–H and O–H groups in total. The number of piperidine rings is 1. The summed E-state index contributed by atoms with van der Waals surface area (Å²) in [7, 11) is 1.58. The fourth-order valence-electron chi connectivity index (χ4n) is 4.25. The van der Waals surface area contributed by atoms with Gasteiger partial charge in [-0.25, -0.2) is 14.2 Å². The lowest BCUT2D eigenvalue weighted by Crippen LogP contribution is -2.45. The quantitative estimate of drug-likeness (QED) is 0.581. The molecule has 5 rings (SSSR count). The largest absolute Gasteiger partial charge is 0.497 e. The topological polar surface area (TPSA) is 102 Å². The molecule has 3 aromatic rings. The standard InChI is InChI=1S/C25H27FN6O3/c1-34-18-6-2-5-17(12-18)29-25(33)32-11-8-21-19(15-32)24(35-22-7-10-28-14-20(22)26)31-23(30-21)16-4-3-9-27-13-16/h2-6,9,12-13,20,22,28H,7-8,10-11,14-15H2,1H3,(H,29,33)/t20-,22-/m0/s1. The number of alkyl halides is 1. The van der Waals surface area contributed by atoms with Crippen molar-refractivity contribution < 1.29 is 18.7 Å². The molecular weight excluding hydrogens is 451 g/mol. The predicted molar refractivity (Wildman–Crippen MR) is 128 cm³/mol. The Bertz CT molecular complexity index is 1200. The number of carbonyl (C=O) groups is 1. The van der Waals surface area contributed by atoms with E-state index in [-0.39, 0.29) is 19.1 Å². The van der Waals surface area contributed by atoms with Gasteiger partial charge in [0.05, 0.1) is 24.9 Å². The van der Waals surface area contributed by atoms with Gasteiger partial charge in [0, 0.05) is 49.2 Å². The van der Waals surface area contributed by atoms with E-state index >= 15 is 0 Å². The van der Waals surface area contributed by atoms with Gasteiger partial charge < -0.3 is 25.0 Å². The predicted octanol–water partition coefficient (Wildman–Crippen LogP) is 3.22. The Labute approximate surface area is 202 Å². The van der Waals surface area contributed by atoms with Crippen LogP contribution in [0.15, 0.2) is 48.8 Å². The summed E-state index contributed by atoms with van der Waals surface area (Å²) in [6.45, 7) is 1.64. The smallest absolute Gasteiger partial charge is 0.322 e. The average molecular weight is 479 g/mol. The minimum atomic E-state index is -1.15. The third-order valence-electron chi connectivity index (χ3n) is 6.16. The van der Waals surface area contributed by atoms with Gasteiger partial charge >= 0.3 is 6.03 Å². The number of hydrogen-bond donors (Lipinski definition) is 2. The van der Waals surface area contributed by atoms with Crippen molar-refractivity contribution in [3.05, 3.63) is 60.0 Å². The summed E-state index contributed by atoms with van der Waals surface area (Å²) in [6, 6.07) is 10.6. The van der Waals surface area contributed by atoms with Crippen LogP contribution in [0.3, 0.4) is 0 Å². The molecule has 0 unspecified atom stereocenters. The fourth-order valence-corrected chi connectivity index (χ4v) is 4.25. The number of hydrogen-bond acceptors (Lipinski definition) is 7. The van der Waals surface area contributed by atoms with Gasteiger partial charge in [-0.1, -0.05) is 6.07 Å². The number of fused-ring (bicyclic) bond motifs is 1. The van der Waals surface area contributed by atoms with Crippen molar-refractivity contribution in [3.63, 3.8) is 0 Å². The van der Waals surface area contributed by atoms with Crippen LogP contribution in [0.2, 0.25) is 0 Å². The molecule has 2 amide bonds. The SMILES string of the molecule is COc1cccc(NC(=O)N2CCc3nc(-c4cccnc4)nc(O[C@H]4CCNC[C@@H]4F)c3C2)c1. The summed E-state index contributed by atoms with van der Waals surface area (Å²) in [5, 5.41) is 5.95. The Hall–Kier alpha value is -3.79. The van der Waals surface area contributed by atoms with E-state index < -0.39 is 12.3 Å². The van der Waals surface area contributed by atoms with E-state index in [2.05, 4.69) is 20.6 Å². The Kier molecular flexibility index (Phi) is 6.71. The average Bonchev–Trinajstić information content (AvgIpc) is 2.90. The molecular formula is C25H27FN6O3. The highest BCUT2D eigenvalue weighted by Gasteiger charge is 2.31. The van der Waals surface area contributed by atoms with Crippen LogP contribution in [0.25, 0.3) is 11.4 Å². The Morgan fingerprint density at radius 1 is 1.26 bits per heavy atom. The normalized spacial score (nSPS) is 19.5. The Morgan fingerprint density at radius 3 is 2.97 bits per heavy atom. The molecule has 2 aliphatic rings. The molecule has 0 radical (unpaired) electrons. The summed E-state index contributed by atoms with van der Waals surface area (Å²) in [6.07, 6.45) is 2.66. The second-order valence-electron chi connectivity index (χ2n) is 8.52. The molecule has 1 fully saturated rings. The number of rotatable bonds is 5. The van der Waals surface area contributed by atoms with Crippen LogP contribution in [0, 0.1) is 0 Å². The van der Waals surface area contributed by atoms with Gasteiger partial charge in [-0.2, -0.15) is 4.98 Å². The molecule has 9 nitrogen and oxygen atoms in total. The van der Waals surface area contributed by atoms with E-state index in [4.69, 9.17) is 14.5 Å². The highest BCUT2D eigenvalue weighted by Crippen LogP contribution is 2.31. The maximum absolute atomic E-state index is 14.6. The minimum absolute atomic E-state index is 0.239. The highest BCUT2D eigenvalue weighted by molar-refractivity contribution is 5.89. The van der Waals surface area contributed by atoms with Gasteiger partial charge in [0.25, 0.3) is 0 Å². The van der Waals surface area contributed by atoms with Crippen LogP contribution < -0.4 is 20.1 Å². The molecule has 1 aromatic carbocycles. The molecule has 0 bridgehead atoms. The number of urea groups is 1. The first-order valence-corrected chi connectivity index (χ1v) is 11.6. The molecule has 10 heteroatoms. The van der Waals surface area contributed by atoms with Gasteiger partial charge in [-0.3, -0.25) is 4.98 Å². The number of carbonyl (C=O) groups excluding carboxylic acids is 1. The third kappa shape index (κ3) is 5.17. The molecule has 4 heterocycles. The number of pyridine rings is 1. The first kappa shape index (κ1) is 23.0. The molecule has 0 aliphatic carbocycles. The van der Waals surface area contributed by atoms with Crippen molar-refractivity contribution in [1.29, 1.82) is 0 Å². The van der Waals surface area contributed by atoms with Gasteiger partial charge in [0.15, 0.2) is 5.82 Å². The zero-order valence-corrected chi connectivity index (χ0v) is 19.4. The van der Waals surface area contributed by atoms with Crippen molar-refractivity contribution in [1.82, 2.24) is 25.2 Å². The number of methoxy groups -OCH3 is 1. The molecule has 182 valence electrons. The minimum Gasteiger partial charge on any atom is -0.497 e. The van der Waals surface area contributed by atoms with E-state index in [1.165, 1.54) is 0 Å². The second-order valence-corrected chi connectivity index (χ2v) is 8.52. The van der Waals surface area contributed by atoms with Crippen LogP contribution >= 0.6 is 0 Å². The van der Waals surface area contributed by atoms with Crippen LogP contribution in [0.5, 0.6) is 11.6 Å². The van der Waals surface area contributed by atoms with Crippen molar-refractivity contribution in [2.24, 2.45) is 0 Å². The maximum Gasteiger partial charge on any atom is 0.322 e. The van der Waals surface area contributed by atoms with Crippen LogP contribution in [0.4, 0.5) is 14.9 Å². The van der Waals surface area contributed by atoms with E-state index in [0.717, 1.165) is 11.3 Å². The van der Waals surface area contributed by atoms with E-state index in [0.29, 0.717) is 54.6 Å². The first-order valence-electron chi connectivity index (χ1n) is 11.6. The third-order valence-corrected chi connectivity index (χ3v) is 6.16. The molecule has 2 atom stereocenters. The summed E-state index contributed by atoms with van der Waals surface area (Å²) in [5.41, 5.74) is 2.88. The second kappa shape index (κ2) is 10.2. The van der Waals surface area contributed by atoms with Crippen LogP contribution in [0.1, 0.15) is 17.7 Å². The molecule has 0 saturated carbocycles. The highest BCUT2D eigenvalue weighted by atomic mass is 19.1. The van der Waals surface area contributed by atoms with E-state index in [1.807, 2.05) is 24.3 Å². The van der Waals surface area contributed by atoms with E-state index in [1.54, 1.807) is 36.5 Å².